The first-order chi connectivity index (χ1) is 11.2. The smallest absolute Gasteiger partial charge is 0.239 e. The van der Waals surface area contributed by atoms with E-state index in [-0.39, 0.29) is 0 Å². The fourth-order valence-corrected chi connectivity index (χ4v) is 2.24. The van der Waals surface area contributed by atoms with E-state index < -0.39 is 34.6 Å². The molecule has 2 rings (SSSR count). The van der Waals surface area contributed by atoms with Crippen LogP contribution < -0.4 is 10.6 Å². The van der Waals surface area contributed by atoms with E-state index in [2.05, 4.69) is 26.6 Å². The van der Waals surface area contributed by atoms with Crippen LogP contribution in [-0.4, -0.2) is 11.8 Å². The molecule has 0 saturated heterocycles. The maximum Gasteiger partial charge on any atom is 0.239 e. The number of para-hydroxylation sites is 1. The van der Waals surface area contributed by atoms with Gasteiger partial charge in [0.1, 0.15) is 22.7 Å². The lowest BCUT2D eigenvalue weighted by atomic mass is 9.90. The van der Waals surface area contributed by atoms with Crippen molar-refractivity contribution in [3.63, 3.8) is 0 Å². The molecule has 0 heterocycles. The number of amides is 2. The molecule has 4 nitrogen and oxygen atoms in total. The van der Waals surface area contributed by atoms with Gasteiger partial charge in [0, 0.05) is 10.2 Å². The third kappa shape index (κ3) is 3.97. The van der Waals surface area contributed by atoms with Crippen LogP contribution in [0.15, 0.2) is 46.9 Å². The van der Waals surface area contributed by atoms with Gasteiger partial charge >= 0.3 is 0 Å². The van der Waals surface area contributed by atoms with Crippen LogP contribution >= 0.6 is 15.9 Å². The Kier molecular flexibility index (Phi) is 5.33. The maximum absolute atomic E-state index is 13.6. The number of benzene rings is 2. The topological polar surface area (TPSA) is 58.2 Å². The number of hydrogen-bond donors (Lipinski definition) is 2. The normalized spacial score (nSPS) is 11.0. The molecule has 2 amide bonds. The number of anilines is 2. The molecule has 0 aliphatic heterocycles. The molecule has 126 valence electrons. The van der Waals surface area contributed by atoms with E-state index in [1.54, 1.807) is 24.3 Å². The second-order valence-electron chi connectivity index (χ2n) is 5.64. The largest absolute Gasteiger partial charge is 0.325 e. The Bertz CT molecular complexity index is 774. The minimum atomic E-state index is -1.54. The van der Waals surface area contributed by atoms with E-state index in [9.17, 15) is 18.4 Å². The molecule has 7 heteroatoms. The third-order valence-electron chi connectivity index (χ3n) is 3.42. The standard InChI is InChI=1S/C17H15BrF2N2O2/c1-17(2,15(23)21-11-6-3-5-10(18)9-11)16(24)22-14-12(19)7-4-8-13(14)20/h3-9H,1-2H3,(H,21,23)(H,22,24). The Morgan fingerprint density at radius 2 is 1.50 bits per heavy atom. The lowest BCUT2D eigenvalue weighted by Crippen LogP contribution is -2.41. The Labute approximate surface area is 146 Å². The second-order valence-corrected chi connectivity index (χ2v) is 6.56. The molecule has 0 fully saturated rings. The number of carbonyl (C=O) groups excluding carboxylic acids is 2. The average Bonchev–Trinajstić information content (AvgIpc) is 2.50. The van der Waals surface area contributed by atoms with Crippen LogP contribution in [0.2, 0.25) is 0 Å². The number of halogens is 3. The van der Waals surface area contributed by atoms with Crippen molar-refractivity contribution in [2.24, 2.45) is 5.41 Å². The highest BCUT2D eigenvalue weighted by molar-refractivity contribution is 9.10. The third-order valence-corrected chi connectivity index (χ3v) is 3.91. The van der Waals surface area contributed by atoms with Gasteiger partial charge in [-0.25, -0.2) is 8.78 Å². The Morgan fingerprint density at radius 3 is 2.08 bits per heavy atom. The van der Waals surface area contributed by atoms with Gasteiger partial charge < -0.3 is 10.6 Å². The molecule has 2 aromatic rings. The van der Waals surface area contributed by atoms with Crippen molar-refractivity contribution in [1.29, 1.82) is 0 Å². The Balaban J connectivity index is 2.16. The summed E-state index contributed by atoms with van der Waals surface area (Å²) in [6.07, 6.45) is 0. The van der Waals surface area contributed by atoms with Crippen molar-refractivity contribution < 1.29 is 18.4 Å². The predicted octanol–water partition coefficient (Wildman–Crippen LogP) is 4.33. The Morgan fingerprint density at radius 1 is 0.958 bits per heavy atom. The highest BCUT2D eigenvalue weighted by Gasteiger charge is 2.37. The van der Waals surface area contributed by atoms with Crippen molar-refractivity contribution >= 4 is 39.1 Å². The molecule has 0 aromatic heterocycles. The first kappa shape index (κ1) is 18.1. The highest BCUT2D eigenvalue weighted by atomic mass is 79.9. The molecular formula is C17H15BrF2N2O2. The van der Waals surface area contributed by atoms with Crippen LogP contribution in [0.4, 0.5) is 20.2 Å². The van der Waals surface area contributed by atoms with Gasteiger partial charge in [-0.2, -0.15) is 0 Å². The first-order valence-electron chi connectivity index (χ1n) is 7.04. The van der Waals surface area contributed by atoms with Crippen LogP contribution in [0.25, 0.3) is 0 Å². The van der Waals surface area contributed by atoms with Gasteiger partial charge in [0.2, 0.25) is 11.8 Å². The summed E-state index contributed by atoms with van der Waals surface area (Å²) in [4.78, 5) is 24.7. The van der Waals surface area contributed by atoms with E-state index in [0.29, 0.717) is 5.69 Å². The van der Waals surface area contributed by atoms with E-state index in [0.717, 1.165) is 16.6 Å². The second kappa shape index (κ2) is 7.09. The van der Waals surface area contributed by atoms with Gasteiger partial charge in [0.15, 0.2) is 0 Å². The van der Waals surface area contributed by atoms with Crippen LogP contribution in [0.5, 0.6) is 0 Å². The minimum absolute atomic E-state index is 0.493. The zero-order chi connectivity index (χ0) is 17.9. The molecule has 2 N–H and O–H groups in total. The quantitative estimate of drug-likeness (QED) is 0.755. The lowest BCUT2D eigenvalue weighted by Gasteiger charge is -2.23. The molecule has 0 radical (unpaired) electrons. The number of hydrogen-bond acceptors (Lipinski definition) is 2. The van der Waals surface area contributed by atoms with Crippen molar-refractivity contribution in [3.05, 3.63) is 58.6 Å². The van der Waals surface area contributed by atoms with Crippen molar-refractivity contribution in [3.8, 4) is 0 Å². The number of nitrogens with one attached hydrogen (secondary N) is 2. The van der Waals surface area contributed by atoms with Crippen LogP contribution in [-0.2, 0) is 9.59 Å². The summed E-state index contributed by atoms with van der Waals surface area (Å²) in [5.74, 6) is -3.24. The SMILES string of the molecule is CC(C)(C(=O)Nc1cccc(Br)c1)C(=O)Nc1c(F)cccc1F. The van der Waals surface area contributed by atoms with Gasteiger partial charge in [0.25, 0.3) is 0 Å². The molecule has 2 aromatic carbocycles. The van der Waals surface area contributed by atoms with E-state index in [1.807, 2.05) is 0 Å². The van der Waals surface area contributed by atoms with E-state index in [1.165, 1.54) is 19.9 Å². The molecule has 0 unspecified atom stereocenters. The molecule has 0 spiro atoms. The van der Waals surface area contributed by atoms with Gasteiger partial charge in [-0.15, -0.1) is 0 Å². The fourth-order valence-electron chi connectivity index (χ4n) is 1.84. The lowest BCUT2D eigenvalue weighted by molar-refractivity contribution is -0.135. The predicted molar refractivity (Wildman–Crippen MR) is 91.5 cm³/mol. The van der Waals surface area contributed by atoms with Crippen LogP contribution in [0, 0.1) is 17.0 Å². The minimum Gasteiger partial charge on any atom is -0.325 e. The maximum atomic E-state index is 13.6. The fraction of sp³-hybridized carbons (Fsp3) is 0.176. The summed E-state index contributed by atoms with van der Waals surface area (Å²) in [5, 5.41) is 4.74. The summed E-state index contributed by atoms with van der Waals surface area (Å²) in [7, 11) is 0. The van der Waals surface area contributed by atoms with E-state index in [4.69, 9.17) is 0 Å². The van der Waals surface area contributed by atoms with Gasteiger partial charge in [-0.3, -0.25) is 9.59 Å². The van der Waals surface area contributed by atoms with Crippen molar-refractivity contribution in [2.75, 3.05) is 10.6 Å². The van der Waals surface area contributed by atoms with Crippen molar-refractivity contribution in [2.45, 2.75) is 13.8 Å². The molecule has 0 atom stereocenters. The van der Waals surface area contributed by atoms with Gasteiger partial charge in [-0.1, -0.05) is 28.1 Å². The van der Waals surface area contributed by atoms with Crippen LogP contribution in [0.1, 0.15) is 13.8 Å². The highest BCUT2D eigenvalue weighted by Crippen LogP contribution is 2.25. The summed E-state index contributed by atoms with van der Waals surface area (Å²) in [6, 6.07) is 10.1. The molecule has 0 bridgehead atoms. The molecule has 0 aliphatic carbocycles. The zero-order valence-corrected chi connectivity index (χ0v) is 14.6. The zero-order valence-electron chi connectivity index (χ0n) is 13.0. The number of rotatable bonds is 4. The van der Waals surface area contributed by atoms with Crippen molar-refractivity contribution in [1.82, 2.24) is 0 Å². The number of carbonyl (C=O) groups is 2. The average molecular weight is 397 g/mol. The monoisotopic (exact) mass is 396 g/mol. The van der Waals surface area contributed by atoms with Gasteiger partial charge in [-0.05, 0) is 44.2 Å². The molecule has 0 saturated carbocycles. The van der Waals surface area contributed by atoms with E-state index >= 15 is 0 Å². The van der Waals surface area contributed by atoms with Crippen LogP contribution in [0.3, 0.4) is 0 Å². The molecule has 0 aliphatic rings. The Hall–Kier alpha value is -2.28. The van der Waals surface area contributed by atoms with Gasteiger partial charge in [0.05, 0.1) is 0 Å². The molecule has 24 heavy (non-hydrogen) atoms. The summed E-state index contributed by atoms with van der Waals surface area (Å²) >= 11 is 3.28. The first-order valence-corrected chi connectivity index (χ1v) is 7.83. The summed E-state index contributed by atoms with van der Waals surface area (Å²) < 4.78 is 28.0. The molecular weight excluding hydrogens is 382 g/mol. The summed E-state index contributed by atoms with van der Waals surface area (Å²) in [6.45, 7) is 2.74. The summed E-state index contributed by atoms with van der Waals surface area (Å²) in [5.41, 5.74) is -1.63.